The number of hydrogen-bond donors (Lipinski definition) is 1. The van der Waals surface area contributed by atoms with E-state index in [1.165, 1.54) is 42.7 Å². The van der Waals surface area contributed by atoms with Crippen LogP contribution < -0.4 is 10.2 Å². The first-order valence-corrected chi connectivity index (χ1v) is 8.42. The second-order valence-corrected chi connectivity index (χ2v) is 7.82. The van der Waals surface area contributed by atoms with Crippen LogP contribution in [0.25, 0.3) is 0 Å². The summed E-state index contributed by atoms with van der Waals surface area (Å²) < 4.78 is 0. The maximum absolute atomic E-state index is 3.54. The van der Waals surface area contributed by atoms with Crippen molar-refractivity contribution in [3.63, 3.8) is 0 Å². The molecule has 0 spiro atoms. The second-order valence-electron chi connectivity index (χ2n) is 7.82. The van der Waals surface area contributed by atoms with Gasteiger partial charge >= 0.3 is 0 Å². The van der Waals surface area contributed by atoms with Crippen molar-refractivity contribution in [3.05, 3.63) is 29.3 Å². The van der Waals surface area contributed by atoms with Crippen LogP contribution in [0.1, 0.15) is 51.7 Å². The SMILES string of the molecule is Cc1cc(N2CCCC(C)(C)C2)ccc1CNCC(C)C. The molecule has 1 N–H and O–H groups in total. The first-order chi connectivity index (χ1) is 9.87. The molecule has 0 radical (unpaired) electrons. The van der Waals surface area contributed by atoms with Gasteiger partial charge in [0.15, 0.2) is 0 Å². The molecule has 0 aromatic heterocycles. The Morgan fingerprint density at radius 1 is 1.29 bits per heavy atom. The van der Waals surface area contributed by atoms with E-state index in [2.05, 4.69) is 63.0 Å². The summed E-state index contributed by atoms with van der Waals surface area (Å²) in [4.78, 5) is 2.56. The summed E-state index contributed by atoms with van der Waals surface area (Å²) in [6, 6.07) is 6.98. The molecule has 1 aromatic rings. The number of hydrogen-bond acceptors (Lipinski definition) is 2. The van der Waals surface area contributed by atoms with Gasteiger partial charge in [-0.1, -0.05) is 33.8 Å². The Hall–Kier alpha value is -1.02. The average molecular weight is 288 g/mol. The third-order valence-corrected chi connectivity index (χ3v) is 4.46. The minimum atomic E-state index is 0.448. The molecule has 2 heteroatoms. The highest BCUT2D eigenvalue weighted by atomic mass is 15.1. The number of rotatable bonds is 5. The van der Waals surface area contributed by atoms with Crippen LogP contribution >= 0.6 is 0 Å². The summed E-state index contributed by atoms with van der Waals surface area (Å²) in [5.41, 5.74) is 4.68. The minimum Gasteiger partial charge on any atom is -0.371 e. The standard InChI is InChI=1S/C19H32N2/c1-15(2)12-20-13-17-7-8-18(11-16(17)3)21-10-6-9-19(4,5)14-21/h7-8,11,15,20H,6,9-10,12-14H2,1-5H3. The van der Waals surface area contributed by atoms with Crippen LogP contribution in [0, 0.1) is 18.3 Å². The molecule has 1 saturated heterocycles. The Bertz CT molecular complexity index is 463. The van der Waals surface area contributed by atoms with Crippen LogP contribution in [0.4, 0.5) is 5.69 Å². The zero-order valence-corrected chi connectivity index (χ0v) is 14.5. The van der Waals surface area contributed by atoms with Gasteiger partial charge in [0.1, 0.15) is 0 Å². The number of benzene rings is 1. The number of nitrogens with one attached hydrogen (secondary N) is 1. The zero-order valence-electron chi connectivity index (χ0n) is 14.5. The predicted molar refractivity (Wildman–Crippen MR) is 93.0 cm³/mol. The monoisotopic (exact) mass is 288 g/mol. The lowest BCUT2D eigenvalue weighted by molar-refractivity contribution is 0.293. The number of piperidine rings is 1. The van der Waals surface area contributed by atoms with Gasteiger partial charge in [-0.25, -0.2) is 0 Å². The van der Waals surface area contributed by atoms with Gasteiger partial charge in [0.25, 0.3) is 0 Å². The van der Waals surface area contributed by atoms with Crippen molar-refractivity contribution in [1.82, 2.24) is 5.32 Å². The highest BCUT2D eigenvalue weighted by molar-refractivity contribution is 5.51. The van der Waals surface area contributed by atoms with E-state index < -0.39 is 0 Å². The molecule has 1 aliphatic rings. The lowest BCUT2D eigenvalue weighted by Crippen LogP contribution is -2.40. The Morgan fingerprint density at radius 3 is 2.67 bits per heavy atom. The van der Waals surface area contributed by atoms with E-state index in [1.807, 2.05) is 0 Å². The van der Waals surface area contributed by atoms with E-state index in [4.69, 9.17) is 0 Å². The van der Waals surface area contributed by atoms with E-state index in [1.54, 1.807) is 0 Å². The third-order valence-electron chi connectivity index (χ3n) is 4.46. The molecule has 21 heavy (non-hydrogen) atoms. The average Bonchev–Trinajstić information content (AvgIpc) is 2.39. The molecule has 2 nitrogen and oxygen atoms in total. The van der Waals surface area contributed by atoms with Gasteiger partial charge in [0.2, 0.25) is 0 Å². The van der Waals surface area contributed by atoms with Crippen molar-refractivity contribution < 1.29 is 0 Å². The minimum absolute atomic E-state index is 0.448. The highest BCUT2D eigenvalue weighted by Gasteiger charge is 2.26. The van der Waals surface area contributed by atoms with Gasteiger partial charge in [-0.3, -0.25) is 0 Å². The number of nitrogens with zero attached hydrogens (tertiary/aromatic N) is 1. The van der Waals surface area contributed by atoms with Gasteiger partial charge in [-0.2, -0.15) is 0 Å². The number of anilines is 1. The molecule has 0 unspecified atom stereocenters. The van der Waals surface area contributed by atoms with Crippen molar-refractivity contribution in [2.45, 2.75) is 54.0 Å². The van der Waals surface area contributed by atoms with Crippen LogP contribution in [0.5, 0.6) is 0 Å². The Balaban J connectivity index is 2.01. The summed E-state index contributed by atoms with van der Waals surface area (Å²) in [5.74, 6) is 0.708. The molecule has 0 amide bonds. The van der Waals surface area contributed by atoms with E-state index in [0.717, 1.165) is 13.1 Å². The summed E-state index contributed by atoms with van der Waals surface area (Å²) >= 11 is 0. The second kappa shape index (κ2) is 6.83. The number of aryl methyl sites for hydroxylation is 1. The van der Waals surface area contributed by atoms with Gasteiger partial charge in [-0.15, -0.1) is 0 Å². The smallest absolute Gasteiger partial charge is 0.0369 e. The summed E-state index contributed by atoms with van der Waals surface area (Å²) in [6.45, 7) is 16.0. The van der Waals surface area contributed by atoms with Crippen LogP contribution in [0.2, 0.25) is 0 Å². The normalized spacial score (nSPS) is 18.3. The Labute approximate surface area is 130 Å². The van der Waals surface area contributed by atoms with E-state index in [9.17, 15) is 0 Å². The fourth-order valence-corrected chi connectivity index (χ4v) is 3.21. The molecule has 1 fully saturated rings. The summed E-state index contributed by atoms with van der Waals surface area (Å²) in [6.07, 6.45) is 2.66. The van der Waals surface area contributed by atoms with E-state index >= 15 is 0 Å². The molecule has 2 rings (SSSR count). The predicted octanol–water partition coefficient (Wildman–Crippen LogP) is 4.37. The van der Waals surface area contributed by atoms with Crippen LogP contribution in [-0.4, -0.2) is 19.6 Å². The third kappa shape index (κ3) is 4.74. The Kier molecular flexibility index (Phi) is 5.32. The quantitative estimate of drug-likeness (QED) is 0.865. The van der Waals surface area contributed by atoms with Crippen LogP contribution in [0.3, 0.4) is 0 Å². The first-order valence-electron chi connectivity index (χ1n) is 8.42. The Morgan fingerprint density at radius 2 is 2.05 bits per heavy atom. The van der Waals surface area contributed by atoms with Crippen molar-refractivity contribution in [2.24, 2.45) is 11.3 Å². The molecule has 0 aliphatic carbocycles. The zero-order chi connectivity index (χ0) is 15.5. The lowest BCUT2D eigenvalue weighted by atomic mass is 9.84. The molecular formula is C19H32N2. The fraction of sp³-hybridized carbons (Fsp3) is 0.684. The molecular weight excluding hydrogens is 256 g/mol. The van der Waals surface area contributed by atoms with Crippen LogP contribution in [-0.2, 0) is 6.54 Å². The van der Waals surface area contributed by atoms with E-state index in [-0.39, 0.29) is 0 Å². The van der Waals surface area contributed by atoms with Crippen molar-refractivity contribution in [1.29, 1.82) is 0 Å². The van der Waals surface area contributed by atoms with Crippen LogP contribution in [0.15, 0.2) is 18.2 Å². The maximum atomic E-state index is 3.54. The molecule has 1 aliphatic heterocycles. The van der Waals surface area contributed by atoms with Gasteiger partial charge < -0.3 is 10.2 Å². The van der Waals surface area contributed by atoms with E-state index in [0.29, 0.717) is 11.3 Å². The van der Waals surface area contributed by atoms with Gasteiger partial charge in [0.05, 0.1) is 0 Å². The van der Waals surface area contributed by atoms with Crippen molar-refractivity contribution in [2.75, 3.05) is 24.5 Å². The summed E-state index contributed by atoms with van der Waals surface area (Å²) in [7, 11) is 0. The lowest BCUT2D eigenvalue weighted by Gasteiger charge is -2.39. The molecule has 0 saturated carbocycles. The molecule has 0 atom stereocenters. The molecule has 0 bridgehead atoms. The summed E-state index contributed by atoms with van der Waals surface area (Å²) in [5, 5.41) is 3.54. The highest BCUT2D eigenvalue weighted by Crippen LogP contribution is 2.32. The maximum Gasteiger partial charge on any atom is 0.0369 e. The molecule has 1 aromatic carbocycles. The largest absolute Gasteiger partial charge is 0.371 e. The topological polar surface area (TPSA) is 15.3 Å². The van der Waals surface area contributed by atoms with Gasteiger partial charge in [-0.05, 0) is 60.9 Å². The molecule has 118 valence electrons. The van der Waals surface area contributed by atoms with Crippen molar-refractivity contribution >= 4 is 5.69 Å². The van der Waals surface area contributed by atoms with Crippen molar-refractivity contribution in [3.8, 4) is 0 Å². The fourth-order valence-electron chi connectivity index (χ4n) is 3.21. The van der Waals surface area contributed by atoms with Gasteiger partial charge in [0, 0.05) is 25.3 Å². The molecule has 1 heterocycles. The first kappa shape index (κ1) is 16.4.